The third kappa shape index (κ3) is 4.65. The van der Waals surface area contributed by atoms with Crippen LogP contribution in [0.5, 0.6) is 17.2 Å². The molecule has 0 aromatic heterocycles. The van der Waals surface area contributed by atoms with E-state index in [2.05, 4.69) is 6.08 Å². The number of aromatic hydroxyl groups is 1. The predicted molar refractivity (Wildman–Crippen MR) is 129 cm³/mol. The third-order valence-corrected chi connectivity index (χ3v) is 5.54. The maximum atomic E-state index is 13.4. The van der Waals surface area contributed by atoms with Gasteiger partial charge in [-0.25, -0.2) is 0 Å². The van der Waals surface area contributed by atoms with E-state index >= 15 is 0 Å². The van der Waals surface area contributed by atoms with E-state index in [4.69, 9.17) is 9.47 Å². The molecule has 0 unspecified atom stereocenters. The van der Waals surface area contributed by atoms with Gasteiger partial charge < -0.3 is 19.5 Å². The van der Waals surface area contributed by atoms with Crippen LogP contribution in [0.1, 0.15) is 37.5 Å². The van der Waals surface area contributed by atoms with Crippen LogP contribution in [0.3, 0.4) is 0 Å². The highest BCUT2D eigenvalue weighted by molar-refractivity contribution is 6.08. The van der Waals surface area contributed by atoms with Crippen LogP contribution in [0.2, 0.25) is 0 Å². The van der Waals surface area contributed by atoms with Crippen LogP contribution >= 0.6 is 0 Å². The Bertz CT molecular complexity index is 1080. The molecule has 6 nitrogen and oxygen atoms in total. The van der Waals surface area contributed by atoms with Gasteiger partial charge >= 0.3 is 0 Å². The summed E-state index contributed by atoms with van der Waals surface area (Å²) in [5, 5.41) is 10.5. The van der Waals surface area contributed by atoms with Crippen molar-refractivity contribution in [2.75, 3.05) is 33.2 Å². The smallest absolute Gasteiger partial charge is 0.251 e. The molecule has 0 spiro atoms. The van der Waals surface area contributed by atoms with Gasteiger partial charge in [-0.3, -0.25) is 9.69 Å². The number of amides is 1. The van der Waals surface area contributed by atoms with E-state index < -0.39 is 5.54 Å². The maximum absolute atomic E-state index is 13.4. The second-order valence-corrected chi connectivity index (χ2v) is 8.84. The molecule has 0 radical (unpaired) electrons. The Morgan fingerprint density at radius 3 is 2.44 bits per heavy atom. The lowest BCUT2D eigenvalue weighted by atomic mass is 9.87. The summed E-state index contributed by atoms with van der Waals surface area (Å²) in [5.74, 6) is 1.33. The van der Waals surface area contributed by atoms with Crippen LogP contribution < -0.4 is 14.4 Å². The molecule has 0 fully saturated rings. The highest BCUT2D eigenvalue weighted by atomic mass is 16.5. The fraction of sp³-hybridized carbons (Fsp3) is 0.346. The van der Waals surface area contributed by atoms with E-state index in [0.29, 0.717) is 18.0 Å². The van der Waals surface area contributed by atoms with Gasteiger partial charge in [0.15, 0.2) is 11.5 Å². The molecule has 0 bridgehead atoms. The van der Waals surface area contributed by atoms with Crippen LogP contribution in [0, 0.1) is 0 Å². The van der Waals surface area contributed by atoms with Crippen molar-refractivity contribution >= 4 is 23.2 Å². The van der Waals surface area contributed by atoms with E-state index in [-0.39, 0.29) is 11.7 Å². The second-order valence-electron chi connectivity index (χ2n) is 8.84. The van der Waals surface area contributed by atoms with Gasteiger partial charge in [0.25, 0.3) is 5.91 Å². The van der Waals surface area contributed by atoms with Gasteiger partial charge in [0.2, 0.25) is 0 Å². The van der Waals surface area contributed by atoms with Gasteiger partial charge in [-0.1, -0.05) is 12.1 Å². The van der Waals surface area contributed by atoms with E-state index in [1.54, 1.807) is 37.3 Å². The summed E-state index contributed by atoms with van der Waals surface area (Å²) in [5.41, 5.74) is 3.77. The van der Waals surface area contributed by atoms with Crippen LogP contribution in [-0.2, 0) is 11.3 Å². The van der Waals surface area contributed by atoms with Crippen LogP contribution in [0.4, 0.5) is 5.69 Å². The summed E-state index contributed by atoms with van der Waals surface area (Å²) < 4.78 is 10.6. The molecule has 0 atom stereocenters. The average Bonchev–Trinajstić information content (AvgIpc) is 2.72. The molecule has 2 aromatic carbocycles. The number of ether oxygens (including phenoxy) is 2. The maximum Gasteiger partial charge on any atom is 0.251 e. The van der Waals surface area contributed by atoms with E-state index in [1.807, 2.05) is 64.0 Å². The first kappa shape index (κ1) is 23.4. The Labute approximate surface area is 190 Å². The standard InChI is InChI=1S/C26H32N2O4/c1-17-15-26(2,3)28(21-13-19(16-27(4)5)22(29)14-20(17)21)25(30)11-9-18-8-10-23(31-6)24(12-18)32-7/h8-15,29H,16H2,1-7H3/b11-9+. The van der Waals surface area contributed by atoms with Gasteiger partial charge in [-0.15, -0.1) is 0 Å². The number of allylic oxidation sites excluding steroid dienone is 1. The Balaban J connectivity index is 2.01. The minimum absolute atomic E-state index is 0.142. The Kier molecular flexibility index (Phi) is 6.65. The van der Waals surface area contributed by atoms with Gasteiger partial charge in [0, 0.05) is 23.7 Å². The van der Waals surface area contributed by atoms with Crippen molar-refractivity contribution in [3.8, 4) is 17.2 Å². The zero-order valence-electron chi connectivity index (χ0n) is 19.9. The zero-order valence-corrected chi connectivity index (χ0v) is 19.9. The quantitative estimate of drug-likeness (QED) is 0.665. The van der Waals surface area contributed by atoms with Gasteiger partial charge in [-0.2, -0.15) is 0 Å². The molecule has 1 amide bonds. The number of rotatable bonds is 6. The molecule has 1 heterocycles. The minimum atomic E-state index is -0.525. The summed E-state index contributed by atoms with van der Waals surface area (Å²) in [4.78, 5) is 17.2. The lowest BCUT2D eigenvalue weighted by Gasteiger charge is -2.41. The van der Waals surface area contributed by atoms with Crippen molar-refractivity contribution in [2.45, 2.75) is 32.9 Å². The molecule has 6 heteroatoms. The summed E-state index contributed by atoms with van der Waals surface area (Å²) in [6, 6.07) is 9.19. The van der Waals surface area contributed by atoms with Crippen molar-refractivity contribution < 1.29 is 19.4 Å². The van der Waals surface area contributed by atoms with Crippen LogP contribution in [0.15, 0.2) is 42.5 Å². The van der Waals surface area contributed by atoms with Crippen molar-refractivity contribution in [1.82, 2.24) is 4.90 Å². The largest absolute Gasteiger partial charge is 0.508 e. The van der Waals surface area contributed by atoms with Crippen molar-refractivity contribution in [2.24, 2.45) is 0 Å². The Morgan fingerprint density at radius 1 is 1.12 bits per heavy atom. The molecule has 170 valence electrons. The summed E-state index contributed by atoms with van der Waals surface area (Å²) in [6.45, 7) is 6.61. The minimum Gasteiger partial charge on any atom is -0.508 e. The summed E-state index contributed by atoms with van der Waals surface area (Å²) in [7, 11) is 7.06. The molecule has 1 N–H and O–H groups in total. The normalized spacial score (nSPS) is 15.0. The number of methoxy groups -OCH3 is 2. The van der Waals surface area contributed by atoms with Crippen molar-refractivity contribution in [1.29, 1.82) is 0 Å². The highest BCUT2D eigenvalue weighted by Gasteiger charge is 2.35. The molecule has 0 saturated carbocycles. The highest BCUT2D eigenvalue weighted by Crippen LogP contribution is 2.42. The van der Waals surface area contributed by atoms with E-state index in [0.717, 1.165) is 28.0 Å². The molecule has 0 saturated heterocycles. The first-order valence-corrected chi connectivity index (χ1v) is 10.5. The first-order valence-electron chi connectivity index (χ1n) is 10.5. The lowest BCUT2D eigenvalue weighted by molar-refractivity contribution is -0.114. The molecule has 2 aromatic rings. The van der Waals surface area contributed by atoms with Crippen LogP contribution in [0.25, 0.3) is 11.6 Å². The topological polar surface area (TPSA) is 62.2 Å². The van der Waals surface area contributed by atoms with E-state index in [1.165, 1.54) is 0 Å². The monoisotopic (exact) mass is 436 g/mol. The predicted octanol–water partition coefficient (Wildman–Crippen LogP) is 4.71. The zero-order chi connectivity index (χ0) is 23.6. The Morgan fingerprint density at radius 2 is 1.81 bits per heavy atom. The number of phenolic OH excluding ortho intramolecular Hbond substituents is 1. The van der Waals surface area contributed by atoms with Crippen LogP contribution in [-0.4, -0.2) is 49.8 Å². The van der Waals surface area contributed by atoms with E-state index in [9.17, 15) is 9.90 Å². The number of carbonyl (C=O) groups is 1. The number of hydrogen-bond donors (Lipinski definition) is 1. The van der Waals surface area contributed by atoms with Crippen molar-refractivity contribution in [3.05, 3.63) is 59.2 Å². The number of hydrogen-bond acceptors (Lipinski definition) is 5. The number of fused-ring (bicyclic) bond motifs is 1. The second kappa shape index (κ2) is 9.09. The summed E-state index contributed by atoms with van der Waals surface area (Å²) in [6.07, 6.45) is 5.40. The molecule has 32 heavy (non-hydrogen) atoms. The molecule has 1 aliphatic rings. The number of anilines is 1. The van der Waals surface area contributed by atoms with Gasteiger partial charge in [-0.05, 0) is 76.3 Å². The number of phenols is 1. The fourth-order valence-electron chi connectivity index (χ4n) is 4.17. The molecular formula is C26H32N2O4. The lowest BCUT2D eigenvalue weighted by Crippen LogP contribution is -2.48. The number of benzene rings is 2. The fourth-order valence-corrected chi connectivity index (χ4v) is 4.17. The third-order valence-electron chi connectivity index (χ3n) is 5.54. The molecule has 0 aliphatic carbocycles. The molecule has 1 aliphatic heterocycles. The SMILES string of the molecule is COc1ccc(/C=C/C(=O)N2c3cc(CN(C)C)c(O)cc3C(C)=CC2(C)C)cc1OC. The molecule has 3 rings (SSSR count). The Hall–Kier alpha value is -3.25. The first-order chi connectivity index (χ1) is 15.1. The van der Waals surface area contributed by atoms with Gasteiger partial charge in [0.1, 0.15) is 5.75 Å². The summed E-state index contributed by atoms with van der Waals surface area (Å²) >= 11 is 0. The average molecular weight is 437 g/mol. The molecular weight excluding hydrogens is 404 g/mol. The van der Waals surface area contributed by atoms with Crippen molar-refractivity contribution in [3.63, 3.8) is 0 Å². The number of nitrogens with zero attached hydrogens (tertiary/aromatic N) is 2. The number of carbonyl (C=O) groups excluding carboxylic acids is 1. The van der Waals surface area contributed by atoms with Gasteiger partial charge in [0.05, 0.1) is 25.4 Å².